The summed E-state index contributed by atoms with van der Waals surface area (Å²) in [5, 5.41) is 12.2. The summed E-state index contributed by atoms with van der Waals surface area (Å²) >= 11 is 0. The van der Waals surface area contributed by atoms with Crippen LogP contribution >= 0.6 is 0 Å². The third-order valence-corrected chi connectivity index (χ3v) is 2.11. The van der Waals surface area contributed by atoms with Crippen LogP contribution in [0.5, 0.6) is 11.5 Å². The number of aromatic hydroxyl groups is 1. The Morgan fingerprint density at radius 2 is 2.06 bits per heavy atom. The molecule has 0 spiro atoms. The molecule has 0 aliphatic carbocycles. The van der Waals surface area contributed by atoms with Gasteiger partial charge < -0.3 is 14.4 Å². The van der Waals surface area contributed by atoms with Gasteiger partial charge in [-0.1, -0.05) is 5.16 Å². The smallest absolute Gasteiger partial charge is 0.455 e. The largest absolute Gasteiger partial charge is 0.504 e. The highest BCUT2D eigenvalue weighted by atomic mass is 19.4. The second-order valence-electron chi connectivity index (χ2n) is 3.31. The monoisotopic (exact) mass is 260 g/mol. The lowest BCUT2D eigenvalue weighted by Crippen LogP contribution is -2.07. The first-order valence-electron chi connectivity index (χ1n) is 4.70. The van der Waals surface area contributed by atoms with Crippen LogP contribution in [0.2, 0.25) is 0 Å². The SMILES string of the molecule is COc1cc(-c2nc(C(F)(F)F)no2)ccc1O. The third-order valence-electron chi connectivity index (χ3n) is 2.11. The van der Waals surface area contributed by atoms with Crippen LogP contribution in [0, 0.1) is 0 Å². The summed E-state index contributed by atoms with van der Waals surface area (Å²) < 4.78 is 46.1. The molecule has 8 heteroatoms. The molecule has 0 radical (unpaired) electrons. The molecule has 0 atom stereocenters. The van der Waals surface area contributed by atoms with Crippen molar-refractivity contribution >= 4 is 0 Å². The van der Waals surface area contributed by atoms with Gasteiger partial charge in [-0.15, -0.1) is 0 Å². The summed E-state index contributed by atoms with van der Waals surface area (Å²) in [5.41, 5.74) is 0.215. The van der Waals surface area contributed by atoms with Crippen LogP contribution in [0.4, 0.5) is 13.2 Å². The quantitative estimate of drug-likeness (QED) is 0.898. The van der Waals surface area contributed by atoms with Crippen LogP contribution < -0.4 is 4.74 Å². The highest BCUT2D eigenvalue weighted by Crippen LogP contribution is 2.32. The average Bonchev–Trinajstić information content (AvgIpc) is 2.78. The van der Waals surface area contributed by atoms with Crippen LogP contribution in [0.25, 0.3) is 11.5 Å². The van der Waals surface area contributed by atoms with Gasteiger partial charge in [0, 0.05) is 5.56 Å². The molecule has 18 heavy (non-hydrogen) atoms. The number of methoxy groups -OCH3 is 1. The van der Waals surface area contributed by atoms with Crippen molar-refractivity contribution in [3.63, 3.8) is 0 Å². The van der Waals surface area contributed by atoms with Gasteiger partial charge in [0.05, 0.1) is 7.11 Å². The van der Waals surface area contributed by atoms with E-state index in [1.54, 1.807) is 0 Å². The van der Waals surface area contributed by atoms with Gasteiger partial charge in [0.25, 0.3) is 11.7 Å². The molecule has 96 valence electrons. The number of alkyl halides is 3. The molecule has 2 rings (SSSR count). The number of ether oxygens (including phenoxy) is 1. The number of rotatable bonds is 2. The Morgan fingerprint density at radius 3 is 2.61 bits per heavy atom. The maximum Gasteiger partial charge on any atom is 0.455 e. The van der Waals surface area contributed by atoms with E-state index in [1.165, 1.54) is 25.3 Å². The van der Waals surface area contributed by atoms with E-state index in [9.17, 15) is 18.3 Å². The fourth-order valence-electron chi connectivity index (χ4n) is 1.27. The molecule has 1 heterocycles. The topological polar surface area (TPSA) is 68.4 Å². The van der Waals surface area contributed by atoms with Gasteiger partial charge in [-0.05, 0) is 18.2 Å². The van der Waals surface area contributed by atoms with Gasteiger partial charge in [0.2, 0.25) is 0 Å². The molecular weight excluding hydrogens is 253 g/mol. The Balaban J connectivity index is 2.40. The number of phenols is 1. The summed E-state index contributed by atoms with van der Waals surface area (Å²) in [5.74, 6) is -1.71. The lowest BCUT2D eigenvalue weighted by Gasteiger charge is -2.03. The molecule has 0 aliphatic rings. The Hall–Kier alpha value is -2.25. The predicted molar refractivity (Wildman–Crippen MR) is 53.0 cm³/mol. The van der Waals surface area contributed by atoms with Crippen LogP contribution in [0.3, 0.4) is 0 Å². The molecule has 1 aromatic heterocycles. The van der Waals surface area contributed by atoms with Crippen molar-refractivity contribution in [2.24, 2.45) is 0 Å². The van der Waals surface area contributed by atoms with E-state index < -0.39 is 12.0 Å². The first kappa shape index (κ1) is 12.2. The molecule has 2 aromatic rings. The summed E-state index contributed by atoms with van der Waals surface area (Å²) in [4.78, 5) is 3.22. The summed E-state index contributed by atoms with van der Waals surface area (Å²) in [6.07, 6.45) is -4.66. The van der Waals surface area contributed by atoms with Crippen molar-refractivity contribution in [1.82, 2.24) is 10.1 Å². The zero-order chi connectivity index (χ0) is 13.3. The second kappa shape index (κ2) is 4.21. The highest BCUT2D eigenvalue weighted by Gasteiger charge is 2.37. The Bertz CT molecular complexity index is 566. The van der Waals surface area contributed by atoms with Crippen LogP contribution in [-0.4, -0.2) is 22.4 Å². The number of hydrogen-bond acceptors (Lipinski definition) is 5. The van der Waals surface area contributed by atoms with E-state index in [0.717, 1.165) is 0 Å². The highest BCUT2D eigenvalue weighted by molar-refractivity contribution is 5.59. The molecule has 1 aromatic carbocycles. The molecule has 5 nitrogen and oxygen atoms in total. The maximum atomic E-state index is 12.3. The van der Waals surface area contributed by atoms with Crippen molar-refractivity contribution in [2.75, 3.05) is 7.11 Å². The number of aromatic nitrogens is 2. The van der Waals surface area contributed by atoms with E-state index in [1.807, 2.05) is 0 Å². The summed E-state index contributed by atoms with van der Waals surface area (Å²) in [6.45, 7) is 0. The van der Waals surface area contributed by atoms with Crippen molar-refractivity contribution in [3.05, 3.63) is 24.0 Å². The minimum Gasteiger partial charge on any atom is -0.504 e. The molecular formula is C10H7F3N2O3. The zero-order valence-electron chi connectivity index (χ0n) is 9.02. The maximum absolute atomic E-state index is 12.3. The normalized spacial score (nSPS) is 11.6. The van der Waals surface area contributed by atoms with E-state index in [-0.39, 0.29) is 23.0 Å². The Kier molecular flexibility index (Phi) is 2.85. The van der Waals surface area contributed by atoms with Gasteiger partial charge in [-0.25, -0.2) is 0 Å². The Labute approximate surface area is 98.8 Å². The van der Waals surface area contributed by atoms with Crippen molar-refractivity contribution in [1.29, 1.82) is 0 Å². The lowest BCUT2D eigenvalue weighted by molar-refractivity contribution is -0.146. The van der Waals surface area contributed by atoms with Crippen LogP contribution in [-0.2, 0) is 6.18 Å². The van der Waals surface area contributed by atoms with Gasteiger partial charge >= 0.3 is 6.18 Å². The third kappa shape index (κ3) is 2.22. The molecule has 0 bridgehead atoms. The number of halogens is 3. The fraction of sp³-hybridized carbons (Fsp3) is 0.200. The first-order valence-corrected chi connectivity index (χ1v) is 4.70. The van der Waals surface area contributed by atoms with E-state index >= 15 is 0 Å². The van der Waals surface area contributed by atoms with Gasteiger partial charge in [-0.2, -0.15) is 18.2 Å². The Morgan fingerprint density at radius 1 is 1.33 bits per heavy atom. The predicted octanol–water partition coefficient (Wildman–Crippen LogP) is 2.47. The number of nitrogens with zero attached hydrogens (tertiary/aromatic N) is 2. The molecule has 0 aliphatic heterocycles. The van der Waals surface area contributed by atoms with E-state index in [0.29, 0.717) is 0 Å². The van der Waals surface area contributed by atoms with Crippen LogP contribution in [0.15, 0.2) is 22.7 Å². The number of benzene rings is 1. The summed E-state index contributed by atoms with van der Waals surface area (Å²) in [7, 11) is 1.31. The average molecular weight is 260 g/mol. The minimum atomic E-state index is -4.66. The number of phenolic OH excluding ortho intramolecular Hbond substituents is 1. The van der Waals surface area contributed by atoms with Gasteiger partial charge in [0.15, 0.2) is 11.5 Å². The van der Waals surface area contributed by atoms with E-state index in [2.05, 4.69) is 14.7 Å². The molecule has 0 saturated carbocycles. The van der Waals surface area contributed by atoms with Gasteiger partial charge in [0.1, 0.15) is 0 Å². The molecule has 1 N–H and O–H groups in total. The standard InChI is InChI=1S/C10H7F3N2O3/c1-17-7-4-5(2-3-6(7)16)8-14-9(15-18-8)10(11,12)13/h2-4,16H,1H3. The minimum absolute atomic E-state index is 0.0965. The fourth-order valence-corrected chi connectivity index (χ4v) is 1.27. The van der Waals surface area contributed by atoms with Gasteiger partial charge in [-0.3, -0.25) is 0 Å². The van der Waals surface area contributed by atoms with Crippen LogP contribution in [0.1, 0.15) is 5.82 Å². The molecule has 0 amide bonds. The first-order chi connectivity index (χ1) is 8.41. The summed E-state index contributed by atoms with van der Waals surface area (Å²) in [6, 6.07) is 3.89. The van der Waals surface area contributed by atoms with Crippen molar-refractivity contribution < 1.29 is 27.5 Å². The van der Waals surface area contributed by atoms with Crippen molar-refractivity contribution in [2.45, 2.75) is 6.18 Å². The lowest BCUT2D eigenvalue weighted by atomic mass is 10.2. The van der Waals surface area contributed by atoms with E-state index in [4.69, 9.17) is 4.74 Å². The molecule has 0 unspecified atom stereocenters. The zero-order valence-corrected chi connectivity index (χ0v) is 9.02. The molecule has 0 fully saturated rings. The van der Waals surface area contributed by atoms with Crippen molar-refractivity contribution in [3.8, 4) is 23.0 Å². The second-order valence-corrected chi connectivity index (χ2v) is 3.31. The number of hydrogen-bond donors (Lipinski definition) is 1. The molecule has 0 saturated heterocycles.